The van der Waals surface area contributed by atoms with Crippen molar-refractivity contribution in [3.63, 3.8) is 0 Å². The number of esters is 1. The highest BCUT2D eigenvalue weighted by molar-refractivity contribution is 9.10. The Kier molecular flexibility index (Phi) is 9.28. The first kappa shape index (κ1) is 23.8. The number of ether oxygens (including phenoxy) is 4. The lowest BCUT2D eigenvalue weighted by atomic mass is 10.2. The van der Waals surface area contributed by atoms with Gasteiger partial charge in [-0.3, -0.25) is 4.79 Å². The van der Waals surface area contributed by atoms with Crippen LogP contribution in [0.4, 0.5) is 0 Å². The van der Waals surface area contributed by atoms with Crippen LogP contribution in [0.5, 0.6) is 11.5 Å². The van der Waals surface area contributed by atoms with Crippen LogP contribution in [0.25, 0.3) is 0 Å². The van der Waals surface area contributed by atoms with Crippen molar-refractivity contribution < 1.29 is 28.8 Å². The third-order valence-corrected chi connectivity index (χ3v) is 4.69. The number of aliphatic hydroxyl groups excluding tert-OH is 1. The van der Waals surface area contributed by atoms with Crippen LogP contribution in [0.15, 0.2) is 39.7 Å². The lowest BCUT2D eigenvalue weighted by Gasteiger charge is -2.17. The third kappa shape index (κ3) is 6.82. The van der Waals surface area contributed by atoms with E-state index >= 15 is 0 Å². The van der Waals surface area contributed by atoms with Gasteiger partial charge in [0.2, 0.25) is 0 Å². The maximum Gasteiger partial charge on any atom is 0.337 e. The smallest absolute Gasteiger partial charge is 0.337 e. The summed E-state index contributed by atoms with van der Waals surface area (Å²) in [4.78, 5) is 23.9. The minimum Gasteiger partial charge on any atom is -0.497 e. The van der Waals surface area contributed by atoms with Crippen LogP contribution in [-0.4, -0.2) is 60.0 Å². The molecule has 164 valence electrons. The lowest BCUT2D eigenvalue weighted by molar-refractivity contribution is -0.156. The molecule has 0 spiro atoms. The number of nitrogens with zero attached hydrogens (tertiary/aromatic N) is 2. The second-order valence-electron chi connectivity index (χ2n) is 6.37. The summed E-state index contributed by atoms with van der Waals surface area (Å²) in [6.07, 6.45) is -0.360. The van der Waals surface area contributed by atoms with Crippen LogP contribution in [0, 0.1) is 0 Å². The van der Waals surface area contributed by atoms with E-state index in [-0.39, 0.29) is 35.6 Å². The number of carbonyl (C=O) groups excluding carboxylic acids is 1. The molecule has 1 aromatic carbocycles. The zero-order valence-electron chi connectivity index (χ0n) is 17.0. The molecule has 0 aliphatic rings. The number of benzene rings is 1. The zero-order chi connectivity index (χ0) is 22.1. The Labute approximate surface area is 182 Å². The first-order valence-electron chi connectivity index (χ1n) is 9.33. The second kappa shape index (κ2) is 11.7. The van der Waals surface area contributed by atoms with E-state index < -0.39 is 18.2 Å². The summed E-state index contributed by atoms with van der Waals surface area (Å²) < 4.78 is 22.3. The second-order valence-corrected chi connectivity index (χ2v) is 7.16. The molecule has 2 aromatic rings. The van der Waals surface area contributed by atoms with E-state index in [0.717, 1.165) is 11.3 Å². The van der Waals surface area contributed by atoms with Gasteiger partial charge < -0.3 is 24.1 Å². The molecule has 9 nitrogen and oxygen atoms in total. The molecule has 30 heavy (non-hydrogen) atoms. The first-order valence-corrected chi connectivity index (χ1v) is 10.1. The van der Waals surface area contributed by atoms with Crippen molar-refractivity contribution in [3.05, 3.63) is 50.9 Å². The zero-order valence-corrected chi connectivity index (χ0v) is 18.6. The fourth-order valence-corrected chi connectivity index (χ4v) is 2.85. The summed E-state index contributed by atoms with van der Waals surface area (Å²) in [5.41, 5.74) is 0.557. The first-order chi connectivity index (χ1) is 14.3. The van der Waals surface area contributed by atoms with Gasteiger partial charge in [0.05, 0.1) is 39.7 Å². The Morgan fingerprint density at radius 2 is 1.97 bits per heavy atom. The Balaban J connectivity index is 1.92. The number of hydrogen-bond donors (Lipinski definition) is 1. The predicted octanol–water partition coefficient (Wildman–Crippen LogP) is 1.77. The molecule has 0 saturated heterocycles. The number of hydrogen-bond acceptors (Lipinski definition) is 8. The number of aliphatic hydroxyl groups is 1. The molecule has 0 fully saturated rings. The van der Waals surface area contributed by atoms with Crippen molar-refractivity contribution in [2.45, 2.75) is 32.6 Å². The minimum atomic E-state index is -1.35. The van der Waals surface area contributed by atoms with Crippen LogP contribution in [-0.2, 0) is 20.8 Å². The average molecular weight is 485 g/mol. The van der Waals surface area contributed by atoms with Crippen molar-refractivity contribution in [1.29, 1.82) is 0 Å². The predicted molar refractivity (Wildman–Crippen MR) is 112 cm³/mol. The molecule has 0 aliphatic heterocycles. The van der Waals surface area contributed by atoms with Crippen LogP contribution < -0.4 is 15.0 Å². The molecule has 0 saturated carbocycles. The van der Waals surface area contributed by atoms with Gasteiger partial charge in [-0.2, -0.15) is 5.10 Å². The average Bonchev–Trinajstić information content (AvgIpc) is 2.74. The molecule has 0 aliphatic carbocycles. The van der Waals surface area contributed by atoms with Gasteiger partial charge in [-0.25, -0.2) is 9.48 Å². The Hall–Kier alpha value is -2.43. The molecule has 0 radical (unpaired) electrons. The molecule has 1 aromatic heterocycles. The van der Waals surface area contributed by atoms with E-state index in [2.05, 4.69) is 21.0 Å². The Bertz CT molecular complexity index is 886. The molecule has 0 amide bonds. The van der Waals surface area contributed by atoms with Gasteiger partial charge in [0.1, 0.15) is 16.3 Å². The Morgan fingerprint density at radius 3 is 2.60 bits per heavy atom. The van der Waals surface area contributed by atoms with Crippen molar-refractivity contribution in [2.24, 2.45) is 0 Å². The number of rotatable bonds is 11. The van der Waals surface area contributed by atoms with E-state index in [1.165, 1.54) is 10.9 Å². The van der Waals surface area contributed by atoms with Gasteiger partial charge in [-0.1, -0.05) is 12.1 Å². The van der Waals surface area contributed by atoms with Crippen molar-refractivity contribution in [1.82, 2.24) is 9.78 Å². The highest BCUT2D eigenvalue weighted by Crippen LogP contribution is 2.21. The molecule has 2 unspecified atom stereocenters. The van der Waals surface area contributed by atoms with Gasteiger partial charge in [0.25, 0.3) is 5.56 Å². The summed E-state index contributed by atoms with van der Waals surface area (Å²) in [7, 11) is 1.59. The minimum absolute atomic E-state index is 0.0951. The van der Waals surface area contributed by atoms with Crippen LogP contribution in [0.3, 0.4) is 0 Å². The number of carbonyl (C=O) groups is 1. The molecule has 1 N–H and O–H groups in total. The molecule has 0 bridgehead atoms. The van der Waals surface area contributed by atoms with E-state index in [1.807, 2.05) is 24.3 Å². The summed E-state index contributed by atoms with van der Waals surface area (Å²) in [6.45, 7) is 3.74. The highest BCUT2D eigenvalue weighted by Gasteiger charge is 2.18. The molecular formula is C20H25BrN2O7. The van der Waals surface area contributed by atoms with Crippen molar-refractivity contribution >= 4 is 21.9 Å². The largest absolute Gasteiger partial charge is 0.497 e. The topological polar surface area (TPSA) is 109 Å². The molecule has 2 rings (SSSR count). The van der Waals surface area contributed by atoms with E-state index in [0.29, 0.717) is 6.54 Å². The van der Waals surface area contributed by atoms with Gasteiger partial charge >= 0.3 is 5.97 Å². The fraction of sp³-hybridized carbons (Fsp3) is 0.450. The summed E-state index contributed by atoms with van der Waals surface area (Å²) in [5.74, 6) is 0.265. The summed E-state index contributed by atoms with van der Waals surface area (Å²) >= 11 is 3.26. The van der Waals surface area contributed by atoms with Crippen molar-refractivity contribution in [3.8, 4) is 11.5 Å². The number of aromatic nitrogens is 2. The summed E-state index contributed by atoms with van der Waals surface area (Å²) in [6, 6.07) is 7.34. The Morgan fingerprint density at radius 1 is 1.27 bits per heavy atom. The maximum atomic E-state index is 12.6. The quantitative estimate of drug-likeness (QED) is 0.480. The van der Waals surface area contributed by atoms with Crippen molar-refractivity contribution in [2.75, 3.05) is 26.9 Å². The molecule has 1 heterocycles. The standard InChI is InChI=1S/C20H25BrN2O7/c1-4-29-20(26)16(24)12-28-11-13(2)30-17-9-22-23(19(25)18(17)21)10-14-5-7-15(27-3)8-6-14/h5-9,13,16,24H,4,10-12H2,1-3H3. The molecular weight excluding hydrogens is 460 g/mol. The van der Waals surface area contributed by atoms with E-state index in [1.54, 1.807) is 21.0 Å². The van der Waals surface area contributed by atoms with Crippen LogP contribution >= 0.6 is 15.9 Å². The third-order valence-electron chi connectivity index (χ3n) is 3.96. The molecule has 10 heteroatoms. The highest BCUT2D eigenvalue weighted by atomic mass is 79.9. The van der Waals surface area contributed by atoms with Gasteiger partial charge in [0, 0.05) is 0 Å². The van der Waals surface area contributed by atoms with E-state index in [9.17, 15) is 14.7 Å². The number of halogens is 1. The number of methoxy groups -OCH3 is 1. The van der Waals surface area contributed by atoms with Crippen LogP contribution in [0.2, 0.25) is 0 Å². The van der Waals surface area contributed by atoms with Gasteiger partial charge in [-0.05, 0) is 47.5 Å². The normalized spacial score (nSPS) is 12.8. The monoisotopic (exact) mass is 484 g/mol. The molecule has 2 atom stereocenters. The fourth-order valence-electron chi connectivity index (χ4n) is 2.45. The van der Waals surface area contributed by atoms with E-state index in [4.69, 9.17) is 18.9 Å². The summed E-state index contributed by atoms with van der Waals surface area (Å²) in [5, 5.41) is 13.8. The van der Waals surface area contributed by atoms with Gasteiger partial charge in [0.15, 0.2) is 11.9 Å². The SMILES string of the molecule is CCOC(=O)C(O)COCC(C)Oc1cnn(Cc2ccc(OC)cc2)c(=O)c1Br. The lowest BCUT2D eigenvalue weighted by Crippen LogP contribution is -2.31. The maximum absolute atomic E-state index is 12.6. The van der Waals surface area contributed by atoms with Gasteiger partial charge in [-0.15, -0.1) is 0 Å². The van der Waals surface area contributed by atoms with Crippen LogP contribution in [0.1, 0.15) is 19.4 Å².